The second kappa shape index (κ2) is 4.82. The van der Waals surface area contributed by atoms with Gasteiger partial charge < -0.3 is 5.32 Å². The van der Waals surface area contributed by atoms with Crippen LogP contribution in [-0.4, -0.2) is 11.5 Å². The van der Waals surface area contributed by atoms with Gasteiger partial charge in [-0.05, 0) is 33.2 Å². The lowest BCUT2D eigenvalue weighted by Crippen LogP contribution is -2.12. The molecule has 0 radical (unpaired) electrons. The van der Waals surface area contributed by atoms with Crippen LogP contribution in [0.3, 0.4) is 0 Å². The summed E-state index contributed by atoms with van der Waals surface area (Å²) >= 11 is 1.84. The number of rotatable bonds is 2. The Morgan fingerprint density at radius 1 is 1.22 bits per heavy atom. The predicted molar refractivity (Wildman–Crippen MR) is 77.0 cm³/mol. The van der Waals surface area contributed by atoms with Crippen molar-refractivity contribution in [1.82, 2.24) is 10.3 Å². The van der Waals surface area contributed by atoms with Gasteiger partial charge in [-0.3, -0.25) is 0 Å². The standard InChI is InChI=1S/C15H18N2S/c1-10-5-7-12(8-6-10)15-17-11(2)14(18-15)13-4-3-9-16-13/h5-8,13,16H,3-4,9H2,1-2H3. The number of hydrogen-bond acceptors (Lipinski definition) is 3. The molecule has 0 saturated carbocycles. The fourth-order valence-electron chi connectivity index (χ4n) is 2.46. The van der Waals surface area contributed by atoms with E-state index >= 15 is 0 Å². The van der Waals surface area contributed by atoms with Crippen LogP contribution >= 0.6 is 11.3 Å². The van der Waals surface area contributed by atoms with Crippen molar-refractivity contribution < 1.29 is 0 Å². The number of aryl methyl sites for hydroxylation is 2. The molecule has 1 aliphatic rings. The molecule has 1 aromatic heterocycles. The first-order chi connectivity index (χ1) is 8.74. The number of nitrogens with zero attached hydrogens (tertiary/aromatic N) is 1. The molecule has 1 aromatic carbocycles. The molecule has 18 heavy (non-hydrogen) atoms. The van der Waals surface area contributed by atoms with Gasteiger partial charge in [-0.15, -0.1) is 11.3 Å². The summed E-state index contributed by atoms with van der Waals surface area (Å²) < 4.78 is 0. The van der Waals surface area contributed by atoms with Gasteiger partial charge >= 0.3 is 0 Å². The number of thiazole rings is 1. The molecular weight excluding hydrogens is 240 g/mol. The van der Waals surface area contributed by atoms with Gasteiger partial charge in [-0.25, -0.2) is 4.98 Å². The van der Waals surface area contributed by atoms with Crippen molar-refractivity contribution in [3.05, 3.63) is 40.4 Å². The summed E-state index contributed by atoms with van der Waals surface area (Å²) in [6, 6.07) is 9.17. The molecule has 0 amide bonds. The molecule has 1 atom stereocenters. The second-order valence-electron chi connectivity index (χ2n) is 4.98. The normalized spacial score (nSPS) is 19.3. The second-order valence-corrected chi connectivity index (χ2v) is 6.01. The summed E-state index contributed by atoms with van der Waals surface area (Å²) in [4.78, 5) is 6.15. The lowest BCUT2D eigenvalue weighted by Gasteiger charge is -2.07. The van der Waals surface area contributed by atoms with Gasteiger partial charge in [0.2, 0.25) is 0 Å². The fraction of sp³-hybridized carbons (Fsp3) is 0.400. The van der Waals surface area contributed by atoms with E-state index in [1.165, 1.54) is 34.5 Å². The van der Waals surface area contributed by atoms with Crippen molar-refractivity contribution in [2.24, 2.45) is 0 Å². The molecule has 0 bridgehead atoms. The third-order valence-electron chi connectivity index (χ3n) is 3.51. The number of hydrogen-bond donors (Lipinski definition) is 1. The highest BCUT2D eigenvalue weighted by Crippen LogP contribution is 2.35. The van der Waals surface area contributed by atoms with Crippen LogP contribution in [0.15, 0.2) is 24.3 Å². The maximum Gasteiger partial charge on any atom is 0.123 e. The monoisotopic (exact) mass is 258 g/mol. The molecule has 94 valence electrons. The zero-order valence-electron chi connectivity index (χ0n) is 10.9. The van der Waals surface area contributed by atoms with Crippen molar-refractivity contribution in [2.75, 3.05) is 6.54 Å². The zero-order valence-corrected chi connectivity index (χ0v) is 11.7. The van der Waals surface area contributed by atoms with Crippen molar-refractivity contribution in [3.8, 4) is 10.6 Å². The molecule has 2 heterocycles. The summed E-state index contributed by atoms with van der Waals surface area (Å²) in [5.74, 6) is 0. The van der Waals surface area contributed by atoms with E-state index in [-0.39, 0.29) is 0 Å². The van der Waals surface area contributed by atoms with E-state index in [0.717, 1.165) is 11.6 Å². The van der Waals surface area contributed by atoms with E-state index in [1.54, 1.807) is 0 Å². The largest absolute Gasteiger partial charge is 0.309 e. The minimum Gasteiger partial charge on any atom is -0.309 e. The molecule has 2 aromatic rings. The van der Waals surface area contributed by atoms with Crippen molar-refractivity contribution in [2.45, 2.75) is 32.7 Å². The maximum atomic E-state index is 4.73. The summed E-state index contributed by atoms with van der Waals surface area (Å²) in [6.07, 6.45) is 2.53. The predicted octanol–water partition coefficient (Wildman–Crippen LogP) is 3.85. The third kappa shape index (κ3) is 2.20. The van der Waals surface area contributed by atoms with Gasteiger partial charge in [-0.2, -0.15) is 0 Å². The number of nitrogens with one attached hydrogen (secondary N) is 1. The first-order valence-corrected chi connectivity index (χ1v) is 7.33. The maximum absolute atomic E-state index is 4.73. The Hall–Kier alpha value is -1.19. The molecule has 3 rings (SSSR count). The summed E-state index contributed by atoms with van der Waals surface area (Å²) in [6.45, 7) is 5.39. The molecule has 1 saturated heterocycles. The average molecular weight is 258 g/mol. The first kappa shape index (κ1) is 11.9. The Morgan fingerprint density at radius 2 is 2.00 bits per heavy atom. The average Bonchev–Trinajstić information content (AvgIpc) is 2.99. The van der Waals surface area contributed by atoms with E-state index in [0.29, 0.717) is 6.04 Å². The van der Waals surface area contributed by atoms with Crippen LogP contribution in [0.5, 0.6) is 0 Å². The van der Waals surface area contributed by atoms with Crippen LogP contribution in [0.2, 0.25) is 0 Å². The Bertz CT molecular complexity index is 536. The highest BCUT2D eigenvalue weighted by molar-refractivity contribution is 7.15. The van der Waals surface area contributed by atoms with Gasteiger partial charge in [0, 0.05) is 16.5 Å². The topological polar surface area (TPSA) is 24.9 Å². The van der Waals surface area contributed by atoms with Gasteiger partial charge in [-0.1, -0.05) is 29.8 Å². The SMILES string of the molecule is Cc1ccc(-c2nc(C)c(C3CCCN3)s2)cc1. The quantitative estimate of drug-likeness (QED) is 0.885. The van der Waals surface area contributed by atoms with Gasteiger partial charge in [0.25, 0.3) is 0 Å². The smallest absolute Gasteiger partial charge is 0.123 e. The highest BCUT2D eigenvalue weighted by Gasteiger charge is 2.21. The van der Waals surface area contributed by atoms with Gasteiger partial charge in [0.05, 0.1) is 5.69 Å². The fourth-order valence-corrected chi connectivity index (χ4v) is 3.64. The van der Waals surface area contributed by atoms with Crippen LogP contribution in [-0.2, 0) is 0 Å². The van der Waals surface area contributed by atoms with Crippen LogP contribution in [0.4, 0.5) is 0 Å². The van der Waals surface area contributed by atoms with Crippen molar-refractivity contribution >= 4 is 11.3 Å². The molecule has 1 fully saturated rings. The summed E-state index contributed by atoms with van der Waals surface area (Å²) in [5.41, 5.74) is 3.72. The van der Waals surface area contributed by atoms with Crippen LogP contribution < -0.4 is 5.32 Å². The first-order valence-electron chi connectivity index (χ1n) is 6.52. The van der Waals surface area contributed by atoms with Gasteiger partial charge in [0.15, 0.2) is 0 Å². The van der Waals surface area contributed by atoms with E-state index < -0.39 is 0 Å². The lowest BCUT2D eigenvalue weighted by atomic mass is 10.1. The summed E-state index contributed by atoms with van der Waals surface area (Å²) in [7, 11) is 0. The summed E-state index contributed by atoms with van der Waals surface area (Å²) in [5, 5.41) is 4.71. The minimum atomic E-state index is 0.529. The Morgan fingerprint density at radius 3 is 2.67 bits per heavy atom. The number of benzene rings is 1. The van der Waals surface area contributed by atoms with Crippen molar-refractivity contribution in [3.63, 3.8) is 0 Å². The molecule has 3 heteroatoms. The Labute approximate surface area is 112 Å². The Kier molecular flexibility index (Phi) is 3.18. The molecule has 2 nitrogen and oxygen atoms in total. The van der Waals surface area contributed by atoms with Crippen molar-refractivity contribution in [1.29, 1.82) is 0 Å². The third-order valence-corrected chi connectivity index (χ3v) is 4.83. The van der Waals surface area contributed by atoms with Gasteiger partial charge in [0.1, 0.15) is 5.01 Å². The molecule has 0 spiro atoms. The molecule has 1 unspecified atom stereocenters. The minimum absolute atomic E-state index is 0.529. The van der Waals surface area contributed by atoms with E-state index in [9.17, 15) is 0 Å². The van der Waals surface area contributed by atoms with E-state index in [2.05, 4.69) is 43.4 Å². The lowest BCUT2D eigenvalue weighted by molar-refractivity contribution is 0.654. The van der Waals surface area contributed by atoms with Crippen LogP contribution in [0.1, 0.15) is 35.0 Å². The molecular formula is C15H18N2S. The molecule has 0 aliphatic carbocycles. The number of aromatic nitrogens is 1. The van der Waals surface area contributed by atoms with Crippen LogP contribution in [0.25, 0.3) is 10.6 Å². The van der Waals surface area contributed by atoms with E-state index in [4.69, 9.17) is 4.98 Å². The zero-order chi connectivity index (χ0) is 12.5. The van der Waals surface area contributed by atoms with Crippen LogP contribution in [0, 0.1) is 13.8 Å². The van der Waals surface area contributed by atoms with E-state index in [1.807, 2.05) is 11.3 Å². The highest BCUT2D eigenvalue weighted by atomic mass is 32.1. The molecule has 1 N–H and O–H groups in total. The molecule has 1 aliphatic heterocycles. The Balaban J connectivity index is 1.94.